The molecular formula is C16H23NO3S. The van der Waals surface area contributed by atoms with Crippen LogP contribution < -0.4 is 5.32 Å². The van der Waals surface area contributed by atoms with Gasteiger partial charge in [0.1, 0.15) is 6.04 Å². The van der Waals surface area contributed by atoms with Gasteiger partial charge in [-0.15, -0.1) is 11.8 Å². The lowest BCUT2D eigenvalue weighted by molar-refractivity contribution is -0.143. The summed E-state index contributed by atoms with van der Waals surface area (Å²) in [7, 11) is 0. The number of carbonyl (C=O) groups is 2. The number of hydrogen-bond donors (Lipinski definition) is 2. The SMILES string of the molecule is CCC(C)C(NC(=O)C(C)SCc1ccccc1)C(=O)O. The van der Waals surface area contributed by atoms with Crippen molar-refractivity contribution >= 4 is 23.6 Å². The van der Waals surface area contributed by atoms with E-state index in [1.165, 1.54) is 11.8 Å². The highest BCUT2D eigenvalue weighted by Crippen LogP contribution is 2.18. The molecule has 0 radical (unpaired) electrons. The van der Waals surface area contributed by atoms with Crippen LogP contribution in [0.2, 0.25) is 0 Å². The Labute approximate surface area is 130 Å². The molecule has 0 spiro atoms. The summed E-state index contributed by atoms with van der Waals surface area (Å²) in [6.45, 7) is 5.56. The van der Waals surface area contributed by atoms with E-state index in [1.807, 2.05) is 44.2 Å². The van der Waals surface area contributed by atoms with E-state index in [-0.39, 0.29) is 17.1 Å². The average Bonchev–Trinajstić information content (AvgIpc) is 2.49. The van der Waals surface area contributed by atoms with E-state index in [0.29, 0.717) is 6.42 Å². The first-order valence-corrected chi connectivity index (χ1v) is 8.19. The first-order valence-electron chi connectivity index (χ1n) is 7.14. The minimum Gasteiger partial charge on any atom is -0.480 e. The number of carboxylic acids is 1. The second-order valence-electron chi connectivity index (χ2n) is 5.15. The maximum absolute atomic E-state index is 12.1. The monoisotopic (exact) mass is 309 g/mol. The molecule has 0 aliphatic rings. The smallest absolute Gasteiger partial charge is 0.326 e. The van der Waals surface area contributed by atoms with Crippen LogP contribution in [0.4, 0.5) is 0 Å². The molecule has 0 saturated carbocycles. The highest BCUT2D eigenvalue weighted by molar-refractivity contribution is 7.99. The van der Waals surface area contributed by atoms with Gasteiger partial charge in [0.2, 0.25) is 5.91 Å². The van der Waals surface area contributed by atoms with Crippen LogP contribution in [0.5, 0.6) is 0 Å². The normalized spacial score (nSPS) is 15.0. The van der Waals surface area contributed by atoms with Crippen molar-refractivity contribution < 1.29 is 14.7 Å². The molecular weight excluding hydrogens is 286 g/mol. The predicted molar refractivity (Wildman–Crippen MR) is 86.2 cm³/mol. The molecule has 1 rings (SSSR count). The van der Waals surface area contributed by atoms with E-state index in [4.69, 9.17) is 0 Å². The van der Waals surface area contributed by atoms with Crippen LogP contribution in [-0.4, -0.2) is 28.3 Å². The summed E-state index contributed by atoms with van der Waals surface area (Å²) in [5, 5.41) is 11.6. The summed E-state index contributed by atoms with van der Waals surface area (Å²) in [6, 6.07) is 9.08. The van der Waals surface area contributed by atoms with Crippen LogP contribution in [0.15, 0.2) is 30.3 Å². The fraction of sp³-hybridized carbons (Fsp3) is 0.500. The van der Waals surface area contributed by atoms with Gasteiger partial charge in [-0.1, -0.05) is 50.6 Å². The molecule has 0 aliphatic heterocycles. The lowest BCUT2D eigenvalue weighted by Crippen LogP contribution is -2.47. The van der Waals surface area contributed by atoms with E-state index in [1.54, 1.807) is 6.92 Å². The summed E-state index contributed by atoms with van der Waals surface area (Å²) in [5.41, 5.74) is 1.15. The van der Waals surface area contributed by atoms with Crippen LogP contribution in [-0.2, 0) is 15.3 Å². The van der Waals surface area contributed by atoms with Crippen molar-refractivity contribution in [2.24, 2.45) is 5.92 Å². The van der Waals surface area contributed by atoms with Crippen molar-refractivity contribution in [3.63, 3.8) is 0 Å². The Morgan fingerprint density at radius 2 is 1.86 bits per heavy atom. The zero-order valence-electron chi connectivity index (χ0n) is 12.7. The second kappa shape index (κ2) is 8.72. The summed E-state index contributed by atoms with van der Waals surface area (Å²) >= 11 is 1.51. The highest BCUT2D eigenvalue weighted by atomic mass is 32.2. The van der Waals surface area contributed by atoms with Gasteiger partial charge >= 0.3 is 5.97 Å². The molecule has 21 heavy (non-hydrogen) atoms. The maximum Gasteiger partial charge on any atom is 0.326 e. The molecule has 2 N–H and O–H groups in total. The summed E-state index contributed by atoms with van der Waals surface area (Å²) < 4.78 is 0. The van der Waals surface area contributed by atoms with Gasteiger partial charge in [-0.05, 0) is 18.4 Å². The van der Waals surface area contributed by atoms with E-state index in [0.717, 1.165) is 11.3 Å². The summed E-state index contributed by atoms with van der Waals surface area (Å²) in [6.07, 6.45) is 0.711. The van der Waals surface area contributed by atoms with Crippen molar-refractivity contribution in [1.82, 2.24) is 5.32 Å². The van der Waals surface area contributed by atoms with Crippen molar-refractivity contribution in [2.45, 2.75) is 44.2 Å². The van der Waals surface area contributed by atoms with Gasteiger partial charge in [-0.2, -0.15) is 0 Å². The molecule has 116 valence electrons. The number of amides is 1. The topological polar surface area (TPSA) is 66.4 Å². The fourth-order valence-corrected chi connectivity index (χ4v) is 2.68. The zero-order chi connectivity index (χ0) is 15.8. The minimum atomic E-state index is -0.974. The Morgan fingerprint density at radius 1 is 1.24 bits per heavy atom. The van der Waals surface area contributed by atoms with Crippen molar-refractivity contribution in [3.05, 3.63) is 35.9 Å². The Hall–Kier alpha value is -1.49. The molecule has 0 aliphatic carbocycles. The van der Waals surface area contributed by atoms with E-state index >= 15 is 0 Å². The molecule has 5 heteroatoms. The van der Waals surface area contributed by atoms with Gasteiger partial charge in [0.05, 0.1) is 5.25 Å². The number of nitrogens with one attached hydrogen (secondary N) is 1. The lowest BCUT2D eigenvalue weighted by atomic mass is 9.99. The summed E-state index contributed by atoms with van der Waals surface area (Å²) in [4.78, 5) is 23.3. The van der Waals surface area contributed by atoms with Gasteiger partial charge in [0.15, 0.2) is 0 Å². The molecule has 0 aromatic heterocycles. The third-order valence-electron chi connectivity index (χ3n) is 3.49. The van der Waals surface area contributed by atoms with Crippen molar-refractivity contribution in [2.75, 3.05) is 0 Å². The largest absolute Gasteiger partial charge is 0.480 e. The number of carbonyl (C=O) groups excluding carboxylic acids is 1. The van der Waals surface area contributed by atoms with E-state index in [9.17, 15) is 14.7 Å². The van der Waals surface area contributed by atoms with Crippen molar-refractivity contribution in [3.8, 4) is 0 Å². The minimum absolute atomic E-state index is 0.0854. The quantitative estimate of drug-likeness (QED) is 0.775. The van der Waals surface area contributed by atoms with Gasteiger partial charge in [0.25, 0.3) is 0 Å². The molecule has 3 atom stereocenters. The molecule has 4 nitrogen and oxygen atoms in total. The molecule has 1 amide bonds. The number of benzene rings is 1. The highest BCUT2D eigenvalue weighted by Gasteiger charge is 2.27. The van der Waals surface area contributed by atoms with E-state index < -0.39 is 12.0 Å². The Morgan fingerprint density at radius 3 is 2.38 bits per heavy atom. The molecule has 0 bridgehead atoms. The molecule has 1 aromatic rings. The second-order valence-corrected chi connectivity index (χ2v) is 6.48. The summed E-state index contributed by atoms with van der Waals surface area (Å²) in [5.74, 6) is -0.546. The van der Waals surface area contributed by atoms with Gasteiger partial charge in [-0.25, -0.2) is 4.79 Å². The molecule has 0 fully saturated rings. The number of carboxylic acid groups (broad SMARTS) is 1. The average molecular weight is 309 g/mol. The van der Waals surface area contributed by atoms with Gasteiger partial charge in [-0.3, -0.25) is 4.79 Å². The van der Waals surface area contributed by atoms with Crippen LogP contribution in [0.1, 0.15) is 32.8 Å². The van der Waals surface area contributed by atoms with Crippen LogP contribution in [0, 0.1) is 5.92 Å². The van der Waals surface area contributed by atoms with Crippen molar-refractivity contribution in [1.29, 1.82) is 0 Å². The first kappa shape index (κ1) is 17.6. The molecule has 1 aromatic carbocycles. The molecule has 0 heterocycles. The van der Waals surface area contributed by atoms with Crippen LogP contribution in [0.3, 0.4) is 0 Å². The number of hydrogen-bond acceptors (Lipinski definition) is 3. The number of aliphatic carboxylic acids is 1. The van der Waals surface area contributed by atoms with Gasteiger partial charge in [0, 0.05) is 5.75 Å². The Bertz CT molecular complexity index is 464. The molecule has 0 saturated heterocycles. The fourth-order valence-electron chi connectivity index (χ4n) is 1.82. The third-order valence-corrected chi connectivity index (χ3v) is 4.70. The van der Waals surface area contributed by atoms with E-state index in [2.05, 4.69) is 5.32 Å². The Kier molecular flexibility index (Phi) is 7.29. The predicted octanol–water partition coefficient (Wildman–Crippen LogP) is 2.92. The lowest BCUT2D eigenvalue weighted by Gasteiger charge is -2.22. The zero-order valence-corrected chi connectivity index (χ0v) is 13.5. The first-order chi connectivity index (χ1) is 9.95. The van der Waals surface area contributed by atoms with Crippen LogP contribution >= 0.6 is 11.8 Å². The molecule has 3 unspecified atom stereocenters. The van der Waals surface area contributed by atoms with Gasteiger partial charge < -0.3 is 10.4 Å². The number of rotatable bonds is 8. The van der Waals surface area contributed by atoms with Crippen LogP contribution in [0.25, 0.3) is 0 Å². The number of thioether (sulfide) groups is 1. The third kappa shape index (κ3) is 5.79. The Balaban J connectivity index is 2.51. The maximum atomic E-state index is 12.1. The standard InChI is InChI=1S/C16H23NO3S/c1-4-11(2)14(16(19)20)17-15(18)12(3)21-10-13-8-6-5-7-9-13/h5-9,11-12,14H,4,10H2,1-3H3,(H,17,18)(H,19,20).